The molecule has 17 heavy (non-hydrogen) atoms. The molecule has 0 saturated carbocycles. The normalized spacial score (nSPS) is 23.8. The van der Waals surface area contributed by atoms with Crippen LogP contribution in [0, 0.1) is 0 Å². The minimum Gasteiger partial charge on any atom is -0.309 e. The zero-order chi connectivity index (χ0) is 12.3. The van der Waals surface area contributed by atoms with Gasteiger partial charge in [-0.2, -0.15) is 23.1 Å². The van der Waals surface area contributed by atoms with Crippen LogP contribution >= 0.6 is 39.0 Å². The van der Waals surface area contributed by atoms with Gasteiger partial charge in [0.2, 0.25) is 0 Å². The zero-order valence-electron chi connectivity index (χ0n) is 10.3. The Balaban J connectivity index is 2.19. The summed E-state index contributed by atoms with van der Waals surface area (Å²) in [4.78, 5) is 2.49. The predicted molar refractivity (Wildman–Crippen MR) is 82.2 cm³/mol. The van der Waals surface area contributed by atoms with Gasteiger partial charge in [-0.3, -0.25) is 4.90 Å². The average Bonchev–Trinajstić information content (AvgIpc) is 2.74. The minimum absolute atomic E-state index is 0.443. The number of rotatable bonds is 4. The van der Waals surface area contributed by atoms with E-state index in [2.05, 4.69) is 62.6 Å². The first kappa shape index (κ1) is 13.9. The summed E-state index contributed by atoms with van der Waals surface area (Å²) in [7, 11) is 2.25. The second-order valence-electron chi connectivity index (χ2n) is 4.33. The van der Waals surface area contributed by atoms with Crippen LogP contribution < -0.4 is 5.32 Å². The van der Waals surface area contributed by atoms with Gasteiger partial charge in [-0.25, -0.2) is 0 Å². The summed E-state index contributed by atoms with van der Waals surface area (Å²) in [5.74, 6) is 2.48. The van der Waals surface area contributed by atoms with Crippen LogP contribution in [0.2, 0.25) is 0 Å². The molecule has 2 heterocycles. The molecule has 2 rings (SSSR count). The van der Waals surface area contributed by atoms with Crippen molar-refractivity contribution in [2.75, 3.05) is 31.6 Å². The topological polar surface area (TPSA) is 15.3 Å². The first-order chi connectivity index (χ1) is 8.24. The Morgan fingerprint density at radius 2 is 2.41 bits per heavy atom. The lowest BCUT2D eigenvalue weighted by Gasteiger charge is -2.38. The molecule has 1 saturated heterocycles. The van der Waals surface area contributed by atoms with Crippen LogP contribution in [-0.4, -0.2) is 42.6 Å². The molecule has 96 valence electrons. The van der Waals surface area contributed by atoms with Gasteiger partial charge in [-0.15, -0.1) is 0 Å². The molecule has 0 aliphatic carbocycles. The van der Waals surface area contributed by atoms with Crippen LogP contribution in [0.4, 0.5) is 0 Å². The summed E-state index contributed by atoms with van der Waals surface area (Å²) in [6.07, 6.45) is 0. The van der Waals surface area contributed by atoms with E-state index in [-0.39, 0.29) is 0 Å². The lowest BCUT2D eigenvalue weighted by molar-refractivity contribution is 0.217. The van der Waals surface area contributed by atoms with Gasteiger partial charge in [0.25, 0.3) is 0 Å². The molecule has 1 fully saturated rings. The number of halogens is 1. The van der Waals surface area contributed by atoms with Gasteiger partial charge in [0.1, 0.15) is 0 Å². The van der Waals surface area contributed by atoms with Gasteiger partial charge in [-0.05, 0) is 40.5 Å². The van der Waals surface area contributed by atoms with E-state index in [4.69, 9.17) is 0 Å². The molecule has 0 aromatic carbocycles. The smallest absolute Gasteiger partial charge is 0.0505 e. The highest BCUT2D eigenvalue weighted by atomic mass is 79.9. The van der Waals surface area contributed by atoms with E-state index in [9.17, 15) is 0 Å². The molecule has 0 radical (unpaired) electrons. The molecule has 0 bridgehead atoms. The standard InChI is InChI=1S/C12H19BrN2S2/c1-3-14-12(9-6-17-7-10(9)13)11-8-16-5-4-15(11)2/h6-7,11-12,14H,3-5,8H2,1-2H3. The van der Waals surface area contributed by atoms with Crippen LogP contribution in [0.15, 0.2) is 15.2 Å². The molecule has 1 aromatic heterocycles. The van der Waals surface area contributed by atoms with E-state index in [1.54, 1.807) is 11.3 Å². The van der Waals surface area contributed by atoms with Crippen molar-refractivity contribution in [2.24, 2.45) is 0 Å². The van der Waals surface area contributed by atoms with E-state index in [1.165, 1.54) is 28.1 Å². The number of hydrogen-bond acceptors (Lipinski definition) is 4. The highest BCUT2D eigenvalue weighted by molar-refractivity contribution is 9.10. The van der Waals surface area contributed by atoms with Crippen LogP contribution in [-0.2, 0) is 0 Å². The monoisotopic (exact) mass is 334 g/mol. The van der Waals surface area contributed by atoms with Gasteiger partial charge in [0.05, 0.1) is 6.04 Å². The van der Waals surface area contributed by atoms with E-state index >= 15 is 0 Å². The Bertz CT molecular complexity index is 356. The van der Waals surface area contributed by atoms with E-state index in [0.717, 1.165) is 6.54 Å². The Morgan fingerprint density at radius 1 is 1.59 bits per heavy atom. The first-order valence-corrected chi connectivity index (χ1v) is 8.86. The van der Waals surface area contributed by atoms with E-state index < -0.39 is 0 Å². The Labute approximate surface area is 120 Å². The SMILES string of the molecule is CCNC(c1cscc1Br)C1CSCCN1C. The Kier molecular flexibility index (Phi) is 5.36. The highest BCUT2D eigenvalue weighted by Gasteiger charge is 2.29. The quantitative estimate of drug-likeness (QED) is 0.910. The van der Waals surface area contributed by atoms with Gasteiger partial charge >= 0.3 is 0 Å². The minimum atomic E-state index is 0.443. The Morgan fingerprint density at radius 3 is 3.00 bits per heavy atom. The molecule has 1 aliphatic rings. The summed E-state index contributed by atoms with van der Waals surface area (Å²) in [5.41, 5.74) is 1.41. The number of thioether (sulfide) groups is 1. The molecular weight excluding hydrogens is 316 g/mol. The molecule has 2 nitrogen and oxygen atoms in total. The highest BCUT2D eigenvalue weighted by Crippen LogP contribution is 2.33. The second kappa shape index (κ2) is 6.57. The van der Waals surface area contributed by atoms with Gasteiger partial charge in [0.15, 0.2) is 0 Å². The summed E-state index contributed by atoms with van der Waals surface area (Å²) in [6.45, 7) is 4.39. The molecule has 0 spiro atoms. The number of thiophene rings is 1. The van der Waals surface area contributed by atoms with E-state index in [1.807, 2.05) is 0 Å². The van der Waals surface area contributed by atoms with Crippen molar-refractivity contribution in [3.63, 3.8) is 0 Å². The van der Waals surface area contributed by atoms with Crippen LogP contribution in [0.1, 0.15) is 18.5 Å². The van der Waals surface area contributed by atoms with Crippen LogP contribution in [0.5, 0.6) is 0 Å². The first-order valence-electron chi connectivity index (χ1n) is 5.97. The third kappa shape index (κ3) is 3.26. The van der Waals surface area contributed by atoms with Crippen molar-refractivity contribution >= 4 is 39.0 Å². The largest absolute Gasteiger partial charge is 0.309 e. The molecule has 1 aliphatic heterocycles. The third-order valence-corrected chi connectivity index (χ3v) is 6.03. The molecule has 1 N–H and O–H groups in total. The fourth-order valence-corrected chi connectivity index (χ4v) is 5.10. The number of likely N-dealkylation sites (N-methyl/N-ethyl adjacent to an activating group) is 2. The summed E-state index contributed by atoms with van der Waals surface area (Å²) < 4.78 is 1.25. The molecule has 2 atom stereocenters. The number of nitrogens with zero attached hydrogens (tertiary/aromatic N) is 1. The van der Waals surface area contributed by atoms with Gasteiger partial charge < -0.3 is 5.32 Å². The van der Waals surface area contributed by atoms with Crippen molar-refractivity contribution in [3.8, 4) is 0 Å². The van der Waals surface area contributed by atoms with E-state index in [0.29, 0.717) is 12.1 Å². The molecule has 5 heteroatoms. The third-order valence-electron chi connectivity index (χ3n) is 3.23. The molecule has 0 amide bonds. The number of nitrogens with one attached hydrogen (secondary N) is 1. The maximum Gasteiger partial charge on any atom is 0.0505 e. The van der Waals surface area contributed by atoms with Crippen molar-refractivity contribution in [1.29, 1.82) is 0 Å². The van der Waals surface area contributed by atoms with Crippen molar-refractivity contribution in [1.82, 2.24) is 10.2 Å². The second-order valence-corrected chi connectivity index (χ2v) is 7.08. The zero-order valence-corrected chi connectivity index (χ0v) is 13.5. The summed E-state index contributed by atoms with van der Waals surface area (Å²) >= 11 is 7.51. The van der Waals surface area contributed by atoms with Gasteiger partial charge in [-0.1, -0.05) is 6.92 Å². The average molecular weight is 335 g/mol. The Hall–Kier alpha value is 0.450. The predicted octanol–water partition coefficient (Wildman–Crippen LogP) is 3.21. The van der Waals surface area contributed by atoms with Crippen molar-refractivity contribution in [2.45, 2.75) is 19.0 Å². The van der Waals surface area contributed by atoms with Crippen molar-refractivity contribution in [3.05, 3.63) is 20.8 Å². The lowest BCUT2D eigenvalue weighted by Crippen LogP contribution is -2.47. The molecule has 1 aromatic rings. The fraction of sp³-hybridized carbons (Fsp3) is 0.667. The summed E-state index contributed by atoms with van der Waals surface area (Å²) in [5, 5.41) is 8.09. The van der Waals surface area contributed by atoms with Crippen molar-refractivity contribution < 1.29 is 0 Å². The van der Waals surface area contributed by atoms with Crippen LogP contribution in [0.25, 0.3) is 0 Å². The maximum absolute atomic E-state index is 3.67. The van der Waals surface area contributed by atoms with Gasteiger partial charge in [0, 0.05) is 33.9 Å². The fourth-order valence-electron chi connectivity index (χ4n) is 2.24. The number of hydrogen-bond donors (Lipinski definition) is 1. The molecule has 2 unspecified atom stereocenters. The summed E-state index contributed by atoms with van der Waals surface area (Å²) in [6, 6.07) is 1.04. The maximum atomic E-state index is 3.67. The lowest BCUT2D eigenvalue weighted by atomic mass is 10.0. The van der Waals surface area contributed by atoms with Crippen LogP contribution in [0.3, 0.4) is 0 Å². The molecular formula is C12H19BrN2S2.